The number of methoxy groups -OCH3 is 3. The number of aromatic nitrogens is 4. The van der Waals surface area contributed by atoms with Crippen LogP contribution in [-0.2, 0) is 4.74 Å². The zero-order chi connectivity index (χ0) is 25.2. The molecule has 0 aliphatic carbocycles. The molecule has 1 aromatic carbocycles. The number of ether oxygens (including phenoxy) is 3. The summed E-state index contributed by atoms with van der Waals surface area (Å²) in [5, 5.41) is 6.87. The van der Waals surface area contributed by atoms with Crippen LogP contribution in [0.2, 0.25) is 5.02 Å². The van der Waals surface area contributed by atoms with E-state index in [9.17, 15) is 4.79 Å². The molecule has 1 aliphatic rings. The fourth-order valence-electron chi connectivity index (χ4n) is 4.47. The molecule has 0 fully saturated rings. The maximum atomic E-state index is 13.2. The molecule has 36 heavy (non-hydrogen) atoms. The van der Waals surface area contributed by atoms with E-state index in [2.05, 4.69) is 30.6 Å². The van der Waals surface area contributed by atoms with Crippen LogP contribution >= 0.6 is 11.6 Å². The molecule has 4 aromatic rings. The highest BCUT2D eigenvalue weighted by Crippen LogP contribution is 2.44. The molecular formula is C25H25ClN6O4. The van der Waals surface area contributed by atoms with Crippen molar-refractivity contribution in [1.29, 1.82) is 0 Å². The summed E-state index contributed by atoms with van der Waals surface area (Å²) in [6.45, 7) is 1.06. The number of nitrogens with zero attached hydrogens (tertiary/aromatic N) is 3. The number of nitrogens with one attached hydrogen (secondary N) is 3. The minimum atomic E-state index is -0.185. The van der Waals surface area contributed by atoms with Crippen LogP contribution < -0.4 is 20.1 Å². The van der Waals surface area contributed by atoms with E-state index in [0.29, 0.717) is 57.6 Å². The number of carbonyl (C=O) groups excluding carboxylic acids is 1. The van der Waals surface area contributed by atoms with Crippen LogP contribution in [0.3, 0.4) is 0 Å². The first-order chi connectivity index (χ1) is 17.5. The van der Waals surface area contributed by atoms with Gasteiger partial charge in [-0.15, -0.1) is 0 Å². The molecule has 0 bridgehead atoms. The number of halogens is 1. The van der Waals surface area contributed by atoms with Crippen LogP contribution in [0, 0.1) is 0 Å². The van der Waals surface area contributed by atoms with Crippen LogP contribution in [0.25, 0.3) is 22.3 Å². The molecule has 0 spiro atoms. The van der Waals surface area contributed by atoms with Crippen molar-refractivity contribution in [2.75, 3.05) is 39.8 Å². The number of benzene rings is 1. The number of H-pyrrole nitrogens is 1. The van der Waals surface area contributed by atoms with Gasteiger partial charge in [0.25, 0.3) is 5.91 Å². The maximum Gasteiger partial charge on any atom is 0.316 e. The molecule has 3 N–H and O–H groups in total. The molecule has 5 rings (SSSR count). The summed E-state index contributed by atoms with van der Waals surface area (Å²) in [5.74, 6) is 0.316. The van der Waals surface area contributed by atoms with E-state index in [4.69, 9.17) is 25.8 Å². The maximum absolute atomic E-state index is 13.2. The standard InChI is InChI=1S/C25H25ClN6O4/c1-34-10-8-13-11-28-24(33)18-19(13)31-21(22(18)30-16-6-4-5-15(26)23(16)35-2)14-7-9-27-17-12-29-25(36-3)32-20(14)17/h4-7,9,12-13,30-31H,8,10-11H2,1-3H3,(H,28,33)/t13-/m1/s1. The van der Waals surface area contributed by atoms with E-state index >= 15 is 0 Å². The quantitative estimate of drug-likeness (QED) is 0.322. The second kappa shape index (κ2) is 10.00. The average molecular weight is 509 g/mol. The lowest BCUT2D eigenvalue weighted by Crippen LogP contribution is -2.35. The van der Waals surface area contributed by atoms with E-state index in [1.165, 1.54) is 7.11 Å². The summed E-state index contributed by atoms with van der Waals surface area (Å²) >= 11 is 6.39. The van der Waals surface area contributed by atoms with Gasteiger partial charge in [0.1, 0.15) is 11.0 Å². The Morgan fingerprint density at radius 2 is 2.03 bits per heavy atom. The number of hydrogen-bond acceptors (Lipinski definition) is 8. The number of anilines is 2. The summed E-state index contributed by atoms with van der Waals surface area (Å²) in [7, 11) is 4.72. The van der Waals surface area contributed by atoms with E-state index in [1.807, 2.05) is 18.2 Å². The molecule has 3 aromatic heterocycles. The van der Waals surface area contributed by atoms with E-state index < -0.39 is 0 Å². The molecule has 1 aliphatic heterocycles. The minimum absolute atomic E-state index is 0.0328. The summed E-state index contributed by atoms with van der Waals surface area (Å²) < 4.78 is 16.1. The first-order valence-corrected chi connectivity index (χ1v) is 11.7. The Bertz CT molecular complexity index is 1440. The SMILES string of the molecule is COCC[C@@H]1CNC(=O)c2c1[nH]c(-c1ccnc3cnc(OC)nc13)c2Nc1cccc(Cl)c1OC. The first kappa shape index (κ1) is 23.8. The van der Waals surface area contributed by atoms with Gasteiger partial charge >= 0.3 is 6.01 Å². The average Bonchev–Trinajstić information content (AvgIpc) is 3.27. The summed E-state index contributed by atoms with van der Waals surface area (Å²) in [4.78, 5) is 29.9. The molecule has 186 valence electrons. The molecule has 0 unspecified atom stereocenters. The highest BCUT2D eigenvalue weighted by atomic mass is 35.5. The van der Waals surface area contributed by atoms with Crippen LogP contribution in [0.15, 0.2) is 36.7 Å². The number of hydrogen-bond donors (Lipinski definition) is 3. The van der Waals surface area contributed by atoms with Crippen LogP contribution in [0.1, 0.15) is 28.4 Å². The predicted molar refractivity (Wildman–Crippen MR) is 137 cm³/mol. The van der Waals surface area contributed by atoms with Crippen molar-refractivity contribution >= 4 is 39.9 Å². The molecule has 1 amide bonds. The largest absolute Gasteiger partial charge is 0.493 e. The lowest BCUT2D eigenvalue weighted by atomic mass is 9.93. The van der Waals surface area contributed by atoms with Gasteiger partial charge in [-0.25, -0.2) is 4.98 Å². The fraction of sp³-hybridized carbons (Fsp3) is 0.280. The second-order valence-corrected chi connectivity index (χ2v) is 8.65. The van der Waals surface area contributed by atoms with Crippen LogP contribution in [-0.4, -0.2) is 60.3 Å². The third-order valence-corrected chi connectivity index (χ3v) is 6.48. The number of rotatable bonds is 8. The summed E-state index contributed by atoms with van der Waals surface area (Å²) in [5.41, 5.74) is 5.11. The van der Waals surface area contributed by atoms with Crippen molar-refractivity contribution in [1.82, 2.24) is 25.3 Å². The highest BCUT2D eigenvalue weighted by Gasteiger charge is 2.33. The van der Waals surface area contributed by atoms with Crippen molar-refractivity contribution < 1.29 is 19.0 Å². The smallest absolute Gasteiger partial charge is 0.316 e. The fourth-order valence-corrected chi connectivity index (χ4v) is 4.73. The third-order valence-electron chi connectivity index (χ3n) is 6.18. The molecule has 4 heterocycles. The minimum Gasteiger partial charge on any atom is -0.493 e. The van der Waals surface area contributed by atoms with E-state index in [-0.39, 0.29) is 17.8 Å². The Morgan fingerprint density at radius 1 is 1.17 bits per heavy atom. The lowest BCUT2D eigenvalue weighted by Gasteiger charge is -2.23. The molecule has 0 saturated heterocycles. The first-order valence-electron chi connectivity index (χ1n) is 11.3. The molecule has 11 heteroatoms. The number of para-hydroxylation sites is 1. The number of amides is 1. The van der Waals surface area contributed by atoms with Crippen molar-refractivity contribution in [3.63, 3.8) is 0 Å². The Morgan fingerprint density at radius 3 is 2.81 bits per heavy atom. The monoisotopic (exact) mass is 508 g/mol. The normalized spacial score (nSPS) is 14.9. The number of pyridine rings is 1. The van der Waals surface area contributed by atoms with Crippen molar-refractivity contribution in [3.8, 4) is 23.0 Å². The van der Waals surface area contributed by atoms with E-state index in [0.717, 1.165) is 17.7 Å². The van der Waals surface area contributed by atoms with Gasteiger partial charge in [-0.05, 0) is 24.6 Å². The summed E-state index contributed by atoms with van der Waals surface area (Å²) in [6, 6.07) is 7.45. The van der Waals surface area contributed by atoms with Crippen molar-refractivity contribution in [3.05, 3.63) is 52.9 Å². The van der Waals surface area contributed by atoms with Gasteiger partial charge in [0.15, 0.2) is 5.75 Å². The Balaban J connectivity index is 1.76. The summed E-state index contributed by atoms with van der Waals surface area (Å²) in [6.07, 6.45) is 4.02. The van der Waals surface area contributed by atoms with Gasteiger partial charge in [0, 0.05) is 43.6 Å². The van der Waals surface area contributed by atoms with Gasteiger partial charge < -0.3 is 29.8 Å². The number of aromatic amines is 1. The third kappa shape index (κ3) is 4.18. The number of carbonyl (C=O) groups is 1. The van der Waals surface area contributed by atoms with Crippen LogP contribution in [0.4, 0.5) is 11.4 Å². The Kier molecular flexibility index (Phi) is 6.62. The molecule has 0 saturated carbocycles. The number of fused-ring (bicyclic) bond motifs is 2. The van der Waals surface area contributed by atoms with E-state index in [1.54, 1.807) is 32.7 Å². The zero-order valence-electron chi connectivity index (χ0n) is 20.0. The second-order valence-electron chi connectivity index (χ2n) is 8.25. The molecule has 1 atom stereocenters. The van der Waals surface area contributed by atoms with Gasteiger partial charge in [0.05, 0.1) is 48.1 Å². The van der Waals surface area contributed by atoms with Crippen molar-refractivity contribution in [2.45, 2.75) is 12.3 Å². The van der Waals surface area contributed by atoms with Gasteiger partial charge in [-0.2, -0.15) is 4.98 Å². The molecular weight excluding hydrogens is 484 g/mol. The van der Waals surface area contributed by atoms with Crippen molar-refractivity contribution in [2.24, 2.45) is 0 Å². The topological polar surface area (TPSA) is 123 Å². The van der Waals surface area contributed by atoms with Gasteiger partial charge in [-0.3, -0.25) is 9.78 Å². The lowest BCUT2D eigenvalue weighted by molar-refractivity contribution is 0.0935. The Hall–Kier alpha value is -3.89. The molecule has 10 nitrogen and oxygen atoms in total. The zero-order valence-corrected chi connectivity index (χ0v) is 20.8. The van der Waals surface area contributed by atoms with Crippen LogP contribution in [0.5, 0.6) is 11.8 Å². The predicted octanol–water partition coefficient (Wildman–Crippen LogP) is 4.30. The van der Waals surface area contributed by atoms with Gasteiger partial charge in [0.2, 0.25) is 0 Å². The van der Waals surface area contributed by atoms with Gasteiger partial charge in [-0.1, -0.05) is 17.7 Å². The Labute approximate surface area is 212 Å². The highest BCUT2D eigenvalue weighted by molar-refractivity contribution is 6.32. The molecule has 0 radical (unpaired) electrons.